The molecule has 1 heterocycles. The minimum atomic E-state index is 0.0814. The Bertz CT molecular complexity index is 332. The number of hydrogen-bond donors (Lipinski definition) is 2. The fourth-order valence-corrected chi connectivity index (χ4v) is 3.10. The zero-order valence-electron chi connectivity index (χ0n) is 11.0. The number of amides is 2. The standard InChI is InChI=1S/C13H23N3O2/c1-16-8-10(5-6-12(16)17)15-13(18)11-4-2-3-9(11)7-14/h9-11H,2-8,14H2,1H3,(H,15,18)/t9-,10?,11-/m1/s1. The molecule has 1 aliphatic heterocycles. The van der Waals surface area contributed by atoms with Gasteiger partial charge in [-0.1, -0.05) is 6.42 Å². The third-order valence-corrected chi connectivity index (χ3v) is 4.27. The average molecular weight is 253 g/mol. The number of hydrogen-bond acceptors (Lipinski definition) is 3. The molecule has 1 saturated carbocycles. The smallest absolute Gasteiger partial charge is 0.223 e. The normalized spacial score (nSPS) is 32.7. The zero-order valence-corrected chi connectivity index (χ0v) is 11.0. The predicted molar refractivity (Wildman–Crippen MR) is 68.7 cm³/mol. The predicted octanol–water partition coefficient (Wildman–Crippen LogP) is 0.0984. The van der Waals surface area contributed by atoms with Gasteiger partial charge in [0.05, 0.1) is 0 Å². The van der Waals surface area contributed by atoms with Crippen molar-refractivity contribution in [1.29, 1.82) is 0 Å². The maximum atomic E-state index is 12.2. The van der Waals surface area contributed by atoms with E-state index in [-0.39, 0.29) is 23.8 Å². The van der Waals surface area contributed by atoms with Gasteiger partial charge in [-0.15, -0.1) is 0 Å². The highest BCUT2D eigenvalue weighted by atomic mass is 16.2. The van der Waals surface area contributed by atoms with Crippen LogP contribution in [0, 0.1) is 11.8 Å². The Labute approximate surface area is 108 Å². The number of nitrogens with zero attached hydrogens (tertiary/aromatic N) is 1. The maximum absolute atomic E-state index is 12.2. The van der Waals surface area contributed by atoms with Gasteiger partial charge in [0.15, 0.2) is 0 Å². The molecular weight excluding hydrogens is 230 g/mol. The van der Waals surface area contributed by atoms with E-state index in [1.54, 1.807) is 11.9 Å². The second-order valence-electron chi connectivity index (χ2n) is 5.55. The summed E-state index contributed by atoms with van der Waals surface area (Å²) in [4.78, 5) is 25.3. The maximum Gasteiger partial charge on any atom is 0.223 e. The molecule has 0 aromatic carbocycles. The highest BCUT2D eigenvalue weighted by molar-refractivity contribution is 5.81. The summed E-state index contributed by atoms with van der Waals surface area (Å²) in [7, 11) is 1.79. The molecule has 0 bridgehead atoms. The van der Waals surface area contributed by atoms with Gasteiger partial charge in [0, 0.05) is 32.0 Å². The number of carbonyl (C=O) groups excluding carboxylic acids is 2. The lowest BCUT2D eigenvalue weighted by molar-refractivity contribution is -0.134. The molecule has 102 valence electrons. The van der Waals surface area contributed by atoms with Crippen molar-refractivity contribution in [1.82, 2.24) is 10.2 Å². The second kappa shape index (κ2) is 5.69. The number of piperidine rings is 1. The van der Waals surface area contributed by atoms with E-state index in [0.29, 0.717) is 25.4 Å². The fourth-order valence-electron chi connectivity index (χ4n) is 3.10. The second-order valence-corrected chi connectivity index (χ2v) is 5.55. The van der Waals surface area contributed by atoms with Gasteiger partial charge in [-0.05, 0) is 31.7 Å². The monoisotopic (exact) mass is 253 g/mol. The Kier molecular flexibility index (Phi) is 4.22. The van der Waals surface area contributed by atoms with Crippen LogP contribution in [0.1, 0.15) is 32.1 Å². The lowest BCUT2D eigenvalue weighted by atomic mass is 9.94. The lowest BCUT2D eigenvalue weighted by Gasteiger charge is -2.31. The lowest BCUT2D eigenvalue weighted by Crippen LogP contribution is -2.50. The van der Waals surface area contributed by atoms with E-state index in [0.717, 1.165) is 25.7 Å². The van der Waals surface area contributed by atoms with E-state index in [4.69, 9.17) is 5.73 Å². The highest BCUT2D eigenvalue weighted by Crippen LogP contribution is 2.31. The molecule has 2 rings (SSSR count). The molecule has 2 aliphatic rings. The van der Waals surface area contributed by atoms with Crippen molar-refractivity contribution in [2.24, 2.45) is 17.6 Å². The summed E-state index contributed by atoms with van der Waals surface area (Å²) in [5, 5.41) is 3.09. The average Bonchev–Trinajstić information content (AvgIpc) is 2.82. The molecule has 0 aromatic heterocycles. The van der Waals surface area contributed by atoms with Crippen molar-refractivity contribution in [2.75, 3.05) is 20.1 Å². The molecule has 18 heavy (non-hydrogen) atoms. The van der Waals surface area contributed by atoms with E-state index < -0.39 is 0 Å². The Hall–Kier alpha value is -1.10. The molecule has 2 fully saturated rings. The quantitative estimate of drug-likeness (QED) is 0.749. The Morgan fingerprint density at radius 3 is 2.89 bits per heavy atom. The molecule has 3 atom stereocenters. The van der Waals surface area contributed by atoms with E-state index in [1.807, 2.05) is 0 Å². The first-order valence-corrected chi connectivity index (χ1v) is 6.86. The minimum absolute atomic E-state index is 0.0814. The Morgan fingerprint density at radius 1 is 1.44 bits per heavy atom. The van der Waals surface area contributed by atoms with E-state index >= 15 is 0 Å². The SMILES string of the molecule is CN1CC(NC(=O)[C@@H]2CCC[C@@H]2CN)CCC1=O. The number of likely N-dealkylation sites (tertiary alicyclic amines) is 1. The van der Waals surface area contributed by atoms with Crippen LogP contribution in [0.4, 0.5) is 0 Å². The molecule has 5 heteroatoms. The largest absolute Gasteiger partial charge is 0.351 e. The summed E-state index contributed by atoms with van der Waals surface area (Å²) >= 11 is 0. The molecule has 0 radical (unpaired) electrons. The van der Waals surface area contributed by atoms with Crippen LogP contribution in [0.25, 0.3) is 0 Å². The molecule has 5 nitrogen and oxygen atoms in total. The molecule has 1 aliphatic carbocycles. The first-order valence-electron chi connectivity index (χ1n) is 6.86. The molecule has 1 saturated heterocycles. The number of nitrogens with one attached hydrogen (secondary N) is 1. The van der Waals surface area contributed by atoms with Gasteiger partial charge in [-0.25, -0.2) is 0 Å². The summed E-state index contributed by atoms with van der Waals surface area (Å²) in [5.41, 5.74) is 5.70. The van der Waals surface area contributed by atoms with Gasteiger partial charge in [-0.3, -0.25) is 9.59 Å². The number of likely N-dealkylation sites (N-methyl/N-ethyl adjacent to an activating group) is 1. The van der Waals surface area contributed by atoms with Crippen LogP contribution < -0.4 is 11.1 Å². The summed E-state index contributed by atoms with van der Waals surface area (Å²) < 4.78 is 0. The van der Waals surface area contributed by atoms with E-state index in [9.17, 15) is 9.59 Å². The van der Waals surface area contributed by atoms with Gasteiger partial charge < -0.3 is 16.0 Å². The highest BCUT2D eigenvalue weighted by Gasteiger charge is 2.33. The Balaban J connectivity index is 1.86. The first-order chi connectivity index (χ1) is 8.61. The first kappa shape index (κ1) is 13.3. The summed E-state index contributed by atoms with van der Waals surface area (Å²) in [6.45, 7) is 1.23. The topological polar surface area (TPSA) is 75.4 Å². The minimum Gasteiger partial charge on any atom is -0.351 e. The van der Waals surface area contributed by atoms with Crippen LogP contribution in [0.5, 0.6) is 0 Å². The summed E-state index contributed by atoms with van der Waals surface area (Å²) in [6.07, 6.45) is 4.41. The van der Waals surface area contributed by atoms with Gasteiger partial charge >= 0.3 is 0 Å². The van der Waals surface area contributed by atoms with Gasteiger partial charge in [0.1, 0.15) is 0 Å². The van der Waals surface area contributed by atoms with Crippen LogP contribution in [0.15, 0.2) is 0 Å². The molecular formula is C13H23N3O2. The molecule has 1 unspecified atom stereocenters. The molecule has 3 N–H and O–H groups in total. The molecule has 0 aromatic rings. The summed E-state index contributed by atoms with van der Waals surface area (Å²) in [6, 6.07) is 0.110. The fraction of sp³-hybridized carbons (Fsp3) is 0.846. The zero-order chi connectivity index (χ0) is 13.1. The molecule has 0 spiro atoms. The van der Waals surface area contributed by atoms with Crippen molar-refractivity contribution in [2.45, 2.75) is 38.1 Å². The third-order valence-electron chi connectivity index (χ3n) is 4.27. The van der Waals surface area contributed by atoms with Crippen LogP contribution in [-0.4, -0.2) is 42.9 Å². The summed E-state index contributed by atoms with van der Waals surface area (Å²) in [5.74, 6) is 0.725. The van der Waals surface area contributed by atoms with Gasteiger partial charge in [0.25, 0.3) is 0 Å². The number of carbonyl (C=O) groups is 2. The molecule has 2 amide bonds. The number of rotatable bonds is 3. The van der Waals surface area contributed by atoms with Crippen molar-refractivity contribution in [3.05, 3.63) is 0 Å². The van der Waals surface area contributed by atoms with E-state index in [1.165, 1.54) is 0 Å². The number of nitrogens with two attached hydrogens (primary N) is 1. The van der Waals surface area contributed by atoms with Crippen molar-refractivity contribution < 1.29 is 9.59 Å². The van der Waals surface area contributed by atoms with Crippen LogP contribution in [0.3, 0.4) is 0 Å². The van der Waals surface area contributed by atoms with Crippen LogP contribution in [0.2, 0.25) is 0 Å². The third kappa shape index (κ3) is 2.83. The van der Waals surface area contributed by atoms with Crippen LogP contribution >= 0.6 is 0 Å². The van der Waals surface area contributed by atoms with E-state index in [2.05, 4.69) is 5.32 Å². The van der Waals surface area contributed by atoms with Gasteiger partial charge in [0.2, 0.25) is 11.8 Å². The van der Waals surface area contributed by atoms with Crippen molar-refractivity contribution in [3.63, 3.8) is 0 Å². The van der Waals surface area contributed by atoms with Crippen LogP contribution in [-0.2, 0) is 9.59 Å². The van der Waals surface area contributed by atoms with Crippen molar-refractivity contribution >= 4 is 11.8 Å². The van der Waals surface area contributed by atoms with Crippen molar-refractivity contribution in [3.8, 4) is 0 Å². The Morgan fingerprint density at radius 2 is 2.22 bits per heavy atom. The van der Waals surface area contributed by atoms with Gasteiger partial charge in [-0.2, -0.15) is 0 Å².